The Morgan fingerprint density at radius 3 is 2.13 bits per heavy atom. The van der Waals surface area contributed by atoms with Crippen molar-refractivity contribution in [2.24, 2.45) is 28.9 Å². The molecule has 3 rings (SSSR count). The molecule has 1 aromatic carbocycles. The zero-order valence-corrected chi connectivity index (χ0v) is 27.4. The van der Waals surface area contributed by atoms with Crippen LogP contribution in [0.5, 0.6) is 0 Å². The molecule has 12 heteroatoms. The number of esters is 1. The largest absolute Gasteiger partial charge is 0.456 e. The summed E-state index contributed by atoms with van der Waals surface area (Å²) in [6.07, 6.45) is 1.95. The van der Waals surface area contributed by atoms with Crippen LogP contribution in [0.25, 0.3) is 0 Å². The third kappa shape index (κ3) is 9.76. The number of ketones is 1. The third-order valence-electron chi connectivity index (χ3n) is 8.40. The molecular formula is C33H49N5O7. The Morgan fingerprint density at radius 1 is 0.978 bits per heavy atom. The van der Waals surface area contributed by atoms with Gasteiger partial charge < -0.3 is 31.3 Å². The Hall–Kier alpha value is -3.96. The topological polar surface area (TPSA) is 177 Å². The number of carbonyl (C=O) groups excluding carboxylic acids is 6. The van der Waals surface area contributed by atoms with Gasteiger partial charge in [-0.05, 0) is 48.5 Å². The number of amides is 5. The van der Waals surface area contributed by atoms with Crippen LogP contribution in [0.3, 0.4) is 0 Å². The molecule has 0 spiro atoms. The summed E-state index contributed by atoms with van der Waals surface area (Å²) in [4.78, 5) is 79.4. The number of nitrogens with zero attached hydrogens (tertiary/aromatic N) is 1. The molecule has 0 radical (unpaired) electrons. The lowest BCUT2D eigenvalue weighted by molar-refractivity contribution is -0.152. The van der Waals surface area contributed by atoms with E-state index < -0.39 is 71.2 Å². The number of hydrogen-bond acceptors (Lipinski definition) is 7. The maximum absolute atomic E-state index is 14.0. The average molecular weight is 628 g/mol. The zero-order chi connectivity index (χ0) is 33.6. The normalized spacial score (nSPS) is 20.8. The minimum Gasteiger partial charge on any atom is -0.456 e. The number of benzene rings is 1. The smallest absolute Gasteiger partial charge is 0.329 e. The third-order valence-corrected chi connectivity index (χ3v) is 8.40. The summed E-state index contributed by atoms with van der Waals surface area (Å²) in [6.45, 7) is 12.8. The molecule has 2 aliphatic rings. The number of likely N-dealkylation sites (tertiary alicyclic amines) is 1. The van der Waals surface area contributed by atoms with Gasteiger partial charge in [-0.15, -0.1) is 0 Å². The van der Waals surface area contributed by atoms with Gasteiger partial charge in [0.05, 0.1) is 6.04 Å². The summed E-state index contributed by atoms with van der Waals surface area (Å²) < 4.78 is 5.65. The lowest BCUT2D eigenvalue weighted by atomic mass is 9.85. The molecule has 12 nitrogen and oxygen atoms in total. The first-order valence-corrected chi connectivity index (χ1v) is 15.8. The minimum absolute atomic E-state index is 0.0282. The lowest BCUT2D eigenvalue weighted by Gasteiger charge is -2.36. The first-order chi connectivity index (χ1) is 21.0. The van der Waals surface area contributed by atoms with Crippen molar-refractivity contribution in [3.63, 3.8) is 0 Å². The molecule has 1 unspecified atom stereocenters. The van der Waals surface area contributed by atoms with Crippen molar-refractivity contribution in [1.29, 1.82) is 0 Å². The Labute approximate surface area is 265 Å². The first kappa shape index (κ1) is 35.5. The van der Waals surface area contributed by atoms with Crippen molar-refractivity contribution in [1.82, 2.24) is 20.9 Å². The lowest BCUT2D eigenvalue weighted by Crippen LogP contribution is -2.61. The van der Waals surface area contributed by atoms with Crippen LogP contribution >= 0.6 is 0 Å². The van der Waals surface area contributed by atoms with Gasteiger partial charge in [0.15, 0.2) is 0 Å². The summed E-state index contributed by atoms with van der Waals surface area (Å²) in [5.41, 5.74) is 5.28. The van der Waals surface area contributed by atoms with Crippen molar-refractivity contribution in [2.75, 3.05) is 6.54 Å². The molecule has 1 saturated heterocycles. The molecule has 1 heterocycles. The fraction of sp³-hybridized carbons (Fsp3) is 0.636. The van der Waals surface area contributed by atoms with Crippen molar-refractivity contribution in [3.05, 3.63) is 35.9 Å². The van der Waals surface area contributed by atoms with Gasteiger partial charge in [0.1, 0.15) is 24.2 Å². The highest BCUT2D eigenvalue weighted by molar-refractivity contribution is 6.37. The van der Waals surface area contributed by atoms with Crippen molar-refractivity contribution < 1.29 is 33.5 Å². The molecule has 5 N–H and O–H groups in total. The number of ether oxygens (including phenoxy) is 1. The summed E-state index contributed by atoms with van der Waals surface area (Å²) >= 11 is 0. The van der Waals surface area contributed by atoms with Gasteiger partial charge in [-0.3, -0.25) is 19.2 Å². The maximum Gasteiger partial charge on any atom is 0.329 e. The van der Waals surface area contributed by atoms with Crippen LogP contribution in [-0.4, -0.2) is 71.1 Å². The number of Topliss-reactive ketones (excluding diaryl/α,β-unsaturated/α-hetero) is 1. The molecule has 1 aliphatic carbocycles. The Balaban J connectivity index is 1.72. The fourth-order valence-electron chi connectivity index (χ4n) is 5.56. The maximum atomic E-state index is 14.0. The van der Waals surface area contributed by atoms with Crippen LogP contribution in [0.15, 0.2) is 30.3 Å². The van der Waals surface area contributed by atoms with E-state index in [-0.39, 0.29) is 24.3 Å². The number of carbonyl (C=O) groups is 6. The predicted octanol–water partition coefficient (Wildman–Crippen LogP) is 2.61. The van der Waals surface area contributed by atoms with Gasteiger partial charge in [-0.2, -0.15) is 0 Å². The number of nitrogens with two attached hydrogens (primary N) is 1. The second-order valence-corrected chi connectivity index (χ2v) is 13.9. The van der Waals surface area contributed by atoms with Gasteiger partial charge in [0.2, 0.25) is 17.6 Å². The first-order valence-electron chi connectivity index (χ1n) is 15.8. The van der Waals surface area contributed by atoms with Gasteiger partial charge in [-0.25, -0.2) is 9.59 Å². The summed E-state index contributed by atoms with van der Waals surface area (Å²) in [6, 6.07) is 4.53. The van der Waals surface area contributed by atoms with Crippen LogP contribution in [-0.2, 0) is 28.7 Å². The zero-order valence-electron chi connectivity index (χ0n) is 27.4. The van der Waals surface area contributed by atoms with Crippen LogP contribution in [0.2, 0.25) is 0 Å². The second-order valence-electron chi connectivity index (χ2n) is 13.9. The standard InChI is InChI=1S/C33H49N5O7/c1-18(2)25(31(43)45-20(4)22-11-9-8-10-12-22)36-32(44)37-27(33(5,6)7)30(42)38-17-19(3)15-24(38)29(41)35-23(16-21-13-14-21)26(39)28(34)40/h8-12,18-21,23-25,27H,13-17H2,1-7H3,(H2,34,40)(H,35,41)(H2,36,37,44)/t19-,20-,23?,24+,25+,27-/m1/s1. The molecule has 2 fully saturated rings. The summed E-state index contributed by atoms with van der Waals surface area (Å²) in [5.74, 6) is -3.69. The second kappa shape index (κ2) is 14.9. The molecular weight excluding hydrogens is 578 g/mol. The number of urea groups is 1. The fourth-order valence-corrected chi connectivity index (χ4v) is 5.56. The SMILES string of the molecule is CC(C)[C@H](NC(=O)N[C@H](C(=O)N1C[C@H](C)C[C@H]1C(=O)NC(CC1CC1)C(=O)C(N)=O)C(C)(C)C)C(=O)O[C@H](C)c1ccccc1. The molecule has 1 aliphatic heterocycles. The molecule has 1 aromatic rings. The highest BCUT2D eigenvalue weighted by Crippen LogP contribution is 2.34. The van der Waals surface area contributed by atoms with Gasteiger partial charge in [0, 0.05) is 6.54 Å². The molecule has 5 amide bonds. The molecule has 1 saturated carbocycles. The van der Waals surface area contributed by atoms with Crippen molar-refractivity contribution in [2.45, 2.75) is 104 Å². The van der Waals surface area contributed by atoms with E-state index in [1.165, 1.54) is 4.90 Å². The minimum atomic E-state index is -1.12. The molecule has 248 valence electrons. The van der Waals surface area contributed by atoms with E-state index in [2.05, 4.69) is 16.0 Å². The molecule has 6 atom stereocenters. The predicted molar refractivity (Wildman–Crippen MR) is 167 cm³/mol. The Bertz CT molecular complexity index is 1260. The van der Waals surface area contributed by atoms with E-state index in [9.17, 15) is 28.8 Å². The van der Waals surface area contributed by atoms with Gasteiger partial charge in [0.25, 0.3) is 5.91 Å². The van der Waals surface area contributed by atoms with Crippen LogP contribution in [0, 0.1) is 23.2 Å². The van der Waals surface area contributed by atoms with E-state index in [4.69, 9.17) is 10.5 Å². The van der Waals surface area contributed by atoms with Crippen molar-refractivity contribution >= 4 is 35.5 Å². The van der Waals surface area contributed by atoms with E-state index in [0.29, 0.717) is 12.8 Å². The van der Waals surface area contributed by atoms with Gasteiger partial charge in [-0.1, -0.05) is 84.7 Å². The average Bonchev–Trinajstić information content (AvgIpc) is 3.70. The summed E-state index contributed by atoms with van der Waals surface area (Å²) in [7, 11) is 0. The van der Waals surface area contributed by atoms with Crippen LogP contribution in [0.1, 0.15) is 85.8 Å². The number of hydrogen-bond donors (Lipinski definition) is 4. The number of primary amides is 1. The van der Waals surface area contributed by atoms with Crippen LogP contribution in [0.4, 0.5) is 4.79 Å². The highest BCUT2D eigenvalue weighted by atomic mass is 16.5. The molecule has 0 aromatic heterocycles. The van der Waals surface area contributed by atoms with E-state index in [1.807, 2.05) is 37.3 Å². The van der Waals surface area contributed by atoms with Crippen LogP contribution < -0.4 is 21.7 Å². The molecule has 0 bridgehead atoms. The van der Waals surface area contributed by atoms with E-state index in [1.54, 1.807) is 41.5 Å². The molecule has 45 heavy (non-hydrogen) atoms. The highest BCUT2D eigenvalue weighted by Gasteiger charge is 2.45. The quantitative estimate of drug-likeness (QED) is 0.192. The van der Waals surface area contributed by atoms with Gasteiger partial charge >= 0.3 is 12.0 Å². The number of nitrogens with one attached hydrogen (secondary N) is 3. The van der Waals surface area contributed by atoms with E-state index in [0.717, 1.165) is 18.4 Å². The monoisotopic (exact) mass is 627 g/mol. The number of rotatable bonds is 13. The van der Waals surface area contributed by atoms with E-state index >= 15 is 0 Å². The Kier molecular flexibility index (Phi) is 11.7. The Morgan fingerprint density at radius 2 is 1.60 bits per heavy atom. The van der Waals surface area contributed by atoms with Crippen molar-refractivity contribution in [3.8, 4) is 0 Å². The summed E-state index contributed by atoms with van der Waals surface area (Å²) in [5, 5.41) is 8.11.